The number of hydrogen-bond donors (Lipinski definition) is 5. The van der Waals surface area contributed by atoms with Gasteiger partial charge >= 0.3 is 15.2 Å². The van der Waals surface area contributed by atoms with Gasteiger partial charge in [0.25, 0.3) is 0 Å². The van der Waals surface area contributed by atoms with Crippen molar-refractivity contribution < 1.29 is 28.7 Å². The third-order valence-electron chi connectivity index (χ3n) is 1.95. The van der Waals surface area contributed by atoms with Crippen molar-refractivity contribution in [3.8, 4) is 0 Å². The van der Waals surface area contributed by atoms with Crippen LogP contribution in [0.3, 0.4) is 0 Å². The Bertz CT molecular complexity index is 252. The molecule has 0 aliphatic carbocycles. The smallest absolute Gasteiger partial charge is 0.324 e. The van der Waals surface area contributed by atoms with E-state index in [0.29, 0.717) is 0 Å². The minimum Gasteiger partial charge on any atom is -0.324 e. The highest BCUT2D eigenvalue weighted by Gasteiger charge is 2.48. The zero-order chi connectivity index (χ0) is 10.3. The van der Waals surface area contributed by atoms with E-state index < -0.39 is 26.6 Å². The fourth-order valence-electron chi connectivity index (χ4n) is 1.37. The maximum atomic E-state index is 10.8. The predicted molar refractivity (Wildman–Crippen MR) is 44.3 cm³/mol. The van der Waals surface area contributed by atoms with E-state index in [1.165, 1.54) is 0 Å². The van der Waals surface area contributed by atoms with Crippen LogP contribution in [0.4, 0.5) is 0 Å². The second-order valence-electron chi connectivity index (χ2n) is 2.93. The number of rotatable bonds is 2. The largest absolute Gasteiger partial charge is 0.343 e. The summed E-state index contributed by atoms with van der Waals surface area (Å²) >= 11 is 0. The molecule has 2 unspecified atom stereocenters. The molecule has 0 aromatic carbocycles. The van der Waals surface area contributed by atoms with Gasteiger partial charge in [0.05, 0.1) is 5.66 Å². The maximum Gasteiger partial charge on any atom is 0.343 e. The fraction of sp³-hybridized carbons (Fsp3) is 1.00. The Hall–Kier alpha value is 0.260. The molecule has 1 aliphatic heterocycles. The second-order valence-corrected chi connectivity index (χ2v) is 6.51. The Morgan fingerprint density at radius 1 is 1.08 bits per heavy atom. The Kier molecular flexibility index (Phi) is 3.00. The van der Waals surface area contributed by atoms with Gasteiger partial charge in [-0.05, 0) is 13.0 Å². The van der Waals surface area contributed by atoms with Gasteiger partial charge in [0.2, 0.25) is 0 Å². The van der Waals surface area contributed by atoms with Crippen LogP contribution in [0.5, 0.6) is 0 Å². The molecular formula is C4H11NO6P2. The Labute approximate surface area is 74.5 Å². The van der Waals surface area contributed by atoms with Crippen LogP contribution >= 0.6 is 15.2 Å². The van der Waals surface area contributed by atoms with Crippen LogP contribution in [0.25, 0.3) is 0 Å². The first-order chi connectivity index (χ1) is 5.73. The summed E-state index contributed by atoms with van der Waals surface area (Å²) in [5.41, 5.74) is -1.27. The topological polar surface area (TPSA) is 127 Å². The molecule has 78 valence electrons. The van der Waals surface area contributed by atoms with Crippen molar-refractivity contribution in [2.24, 2.45) is 0 Å². The van der Waals surface area contributed by atoms with E-state index in [9.17, 15) is 9.13 Å². The summed E-state index contributed by atoms with van der Waals surface area (Å²) in [5.74, 6) is -1.41. The van der Waals surface area contributed by atoms with Crippen molar-refractivity contribution in [2.75, 3.05) is 6.54 Å². The van der Waals surface area contributed by atoms with Crippen molar-refractivity contribution in [2.45, 2.75) is 17.9 Å². The summed E-state index contributed by atoms with van der Waals surface area (Å²) in [4.78, 5) is 35.1. The molecule has 5 N–H and O–H groups in total. The van der Waals surface area contributed by atoms with Crippen LogP contribution in [-0.4, -0.2) is 37.6 Å². The van der Waals surface area contributed by atoms with Crippen LogP contribution < -0.4 is 5.32 Å². The Morgan fingerprint density at radius 2 is 1.62 bits per heavy atom. The van der Waals surface area contributed by atoms with E-state index >= 15 is 0 Å². The van der Waals surface area contributed by atoms with E-state index in [2.05, 4.69) is 5.32 Å². The third-order valence-corrected chi connectivity index (χ3v) is 4.88. The van der Waals surface area contributed by atoms with Crippen LogP contribution in [0.2, 0.25) is 0 Å². The molecule has 0 aromatic rings. The molecule has 1 heterocycles. The fourth-order valence-corrected chi connectivity index (χ4v) is 4.31. The van der Waals surface area contributed by atoms with Gasteiger partial charge in [-0.1, -0.05) is 0 Å². The lowest BCUT2D eigenvalue weighted by Gasteiger charge is -2.20. The van der Waals surface area contributed by atoms with E-state index in [1.807, 2.05) is 0 Å². The van der Waals surface area contributed by atoms with E-state index in [4.69, 9.17) is 19.6 Å². The van der Waals surface area contributed by atoms with Crippen molar-refractivity contribution >= 4 is 15.2 Å². The van der Waals surface area contributed by atoms with E-state index in [-0.39, 0.29) is 13.0 Å². The molecule has 1 saturated heterocycles. The Balaban J connectivity index is 2.89. The average Bonchev–Trinajstić information content (AvgIpc) is 2.27. The number of hydrogen-bond acceptors (Lipinski definition) is 3. The first-order valence-electron chi connectivity index (χ1n) is 3.57. The highest BCUT2D eigenvalue weighted by molar-refractivity contribution is 7.57. The quantitative estimate of drug-likeness (QED) is 0.387. The third kappa shape index (κ3) is 2.60. The molecule has 13 heavy (non-hydrogen) atoms. The highest BCUT2D eigenvalue weighted by Crippen LogP contribution is 2.55. The summed E-state index contributed by atoms with van der Waals surface area (Å²) < 4.78 is 21.6. The van der Waals surface area contributed by atoms with Gasteiger partial charge in [0.1, 0.15) is 5.78 Å². The Morgan fingerprint density at radius 3 is 1.92 bits per heavy atom. The van der Waals surface area contributed by atoms with Gasteiger partial charge in [-0.2, -0.15) is 0 Å². The minimum atomic E-state index is -4.47. The van der Waals surface area contributed by atoms with E-state index in [1.54, 1.807) is 0 Å². The molecule has 0 amide bonds. The van der Waals surface area contributed by atoms with Crippen molar-refractivity contribution in [3.05, 3.63) is 0 Å². The molecule has 7 nitrogen and oxygen atoms in total. The zero-order valence-electron chi connectivity index (χ0n) is 6.57. The van der Waals surface area contributed by atoms with Gasteiger partial charge in [-0.3, -0.25) is 9.13 Å². The first kappa shape index (κ1) is 11.3. The predicted octanol–water partition coefficient (Wildman–Crippen LogP) is -0.970. The molecule has 0 spiro atoms. The maximum absolute atomic E-state index is 10.8. The molecule has 0 saturated carbocycles. The lowest BCUT2D eigenvalue weighted by Crippen LogP contribution is -2.30. The molecule has 0 radical (unpaired) electrons. The first-order valence-corrected chi connectivity index (χ1v) is 6.93. The van der Waals surface area contributed by atoms with E-state index in [0.717, 1.165) is 0 Å². The molecule has 0 bridgehead atoms. The van der Waals surface area contributed by atoms with Crippen LogP contribution in [0.15, 0.2) is 0 Å². The normalized spacial score (nSPS) is 30.8. The summed E-state index contributed by atoms with van der Waals surface area (Å²) in [6.45, 7) is 0.214. The molecule has 2 atom stereocenters. The minimum absolute atomic E-state index is 0.0834. The van der Waals surface area contributed by atoms with Crippen LogP contribution in [-0.2, 0) is 9.13 Å². The summed E-state index contributed by atoms with van der Waals surface area (Å²) in [6.07, 6.45) is 0.0834. The molecular weight excluding hydrogens is 220 g/mol. The van der Waals surface area contributed by atoms with Gasteiger partial charge in [-0.25, -0.2) is 0 Å². The monoisotopic (exact) mass is 231 g/mol. The molecule has 9 heteroatoms. The molecule has 1 rings (SSSR count). The molecule has 0 aromatic heterocycles. The summed E-state index contributed by atoms with van der Waals surface area (Å²) in [7, 11) is -8.89. The van der Waals surface area contributed by atoms with Crippen molar-refractivity contribution in [1.29, 1.82) is 0 Å². The van der Waals surface area contributed by atoms with Gasteiger partial charge in [0, 0.05) is 0 Å². The van der Waals surface area contributed by atoms with Gasteiger partial charge in [0.15, 0.2) is 0 Å². The van der Waals surface area contributed by atoms with Gasteiger partial charge < -0.3 is 24.9 Å². The lowest BCUT2D eigenvalue weighted by molar-refractivity contribution is 0.331. The van der Waals surface area contributed by atoms with Crippen molar-refractivity contribution in [1.82, 2.24) is 5.32 Å². The van der Waals surface area contributed by atoms with Gasteiger partial charge in [-0.15, -0.1) is 0 Å². The summed E-state index contributed by atoms with van der Waals surface area (Å²) in [5, 5.41) is 2.40. The second kappa shape index (κ2) is 3.44. The molecule has 1 fully saturated rings. The average molecular weight is 231 g/mol. The SMILES string of the molecule is O=P(O)(O)C1CCNC1P(=O)(O)O. The standard InChI is InChI=1S/C4H11NO6P2/c6-12(7,8)3-1-2-5-4(3)13(9,10)11/h3-5H,1-2H2,(H2,6,7,8)(H2,9,10,11). The zero-order valence-corrected chi connectivity index (χ0v) is 8.36. The summed E-state index contributed by atoms with van der Waals surface area (Å²) in [6, 6.07) is 0. The lowest BCUT2D eigenvalue weighted by atomic mass is 10.4. The van der Waals surface area contributed by atoms with Crippen LogP contribution in [0.1, 0.15) is 6.42 Å². The molecule has 1 aliphatic rings. The highest BCUT2D eigenvalue weighted by atomic mass is 31.2. The van der Waals surface area contributed by atoms with Crippen LogP contribution in [0, 0.1) is 0 Å². The number of nitrogens with one attached hydrogen (secondary N) is 1. The van der Waals surface area contributed by atoms with Crippen molar-refractivity contribution in [3.63, 3.8) is 0 Å².